The summed E-state index contributed by atoms with van der Waals surface area (Å²) in [5.74, 6) is 0.676. The van der Waals surface area contributed by atoms with Crippen molar-refractivity contribution in [1.82, 2.24) is 25.3 Å². The van der Waals surface area contributed by atoms with Crippen LogP contribution in [-0.2, 0) is 9.53 Å². The van der Waals surface area contributed by atoms with Gasteiger partial charge in [-0.15, -0.1) is 0 Å². The zero-order chi connectivity index (χ0) is 17.9. The molecule has 0 radical (unpaired) electrons. The Labute approximate surface area is 146 Å². The predicted molar refractivity (Wildman–Crippen MR) is 90.6 cm³/mol. The fraction of sp³-hybridized carbons (Fsp3) is 0.529. The van der Waals surface area contributed by atoms with Crippen LogP contribution in [0.15, 0.2) is 28.9 Å². The molecule has 1 aliphatic rings. The summed E-state index contributed by atoms with van der Waals surface area (Å²) in [4.78, 5) is 23.4. The Balaban J connectivity index is 1.66. The van der Waals surface area contributed by atoms with Gasteiger partial charge in [0.1, 0.15) is 11.7 Å². The number of rotatable bonds is 5. The van der Waals surface area contributed by atoms with Crippen LogP contribution in [0.25, 0.3) is 11.5 Å². The quantitative estimate of drug-likeness (QED) is 0.876. The average Bonchev–Trinajstić information content (AvgIpc) is 3.13. The highest BCUT2D eigenvalue weighted by atomic mass is 16.5. The third-order valence-corrected chi connectivity index (χ3v) is 4.41. The van der Waals surface area contributed by atoms with E-state index in [1.165, 1.54) is 0 Å². The van der Waals surface area contributed by atoms with E-state index >= 15 is 0 Å². The lowest BCUT2D eigenvalue weighted by Crippen LogP contribution is -2.58. The number of carbonyl (C=O) groups excluding carboxylic acids is 1. The average molecular weight is 345 g/mol. The number of nitrogens with zero attached hydrogens (tertiary/aromatic N) is 4. The van der Waals surface area contributed by atoms with Crippen molar-refractivity contribution < 1.29 is 14.1 Å². The first kappa shape index (κ1) is 17.5. The first-order valence-electron chi connectivity index (χ1n) is 8.37. The Morgan fingerprint density at radius 3 is 2.76 bits per heavy atom. The molecule has 0 spiro atoms. The van der Waals surface area contributed by atoms with E-state index < -0.39 is 11.6 Å². The van der Waals surface area contributed by atoms with Crippen molar-refractivity contribution in [1.29, 1.82) is 0 Å². The normalized spacial score (nSPS) is 17.2. The molecule has 1 fully saturated rings. The maximum atomic E-state index is 12.7. The summed E-state index contributed by atoms with van der Waals surface area (Å²) in [6, 6.07) is 5.09. The van der Waals surface area contributed by atoms with Gasteiger partial charge in [0, 0.05) is 19.3 Å². The molecule has 25 heavy (non-hydrogen) atoms. The van der Waals surface area contributed by atoms with Crippen molar-refractivity contribution in [2.45, 2.75) is 32.4 Å². The molecule has 2 aromatic rings. The fourth-order valence-corrected chi connectivity index (χ4v) is 2.71. The Kier molecular flexibility index (Phi) is 5.10. The maximum Gasteiger partial charge on any atom is 0.249 e. The van der Waals surface area contributed by atoms with Crippen LogP contribution in [0.4, 0.5) is 0 Å². The zero-order valence-electron chi connectivity index (χ0n) is 14.7. The van der Waals surface area contributed by atoms with Crippen molar-refractivity contribution in [3.8, 4) is 11.5 Å². The molecular formula is C17H23N5O3. The van der Waals surface area contributed by atoms with E-state index in [2.05, 4.69) is 25.3 Å². The van der Waals surface area contributed by atoms with Crippen LogP contribution in [0, 0.1) is 0 Å². The largest absolute Gasteiger partial charge is 0.379 e. The lowest BCUT2D eigenvalue weighted by Gasteiger charge is -2.39. The van der Waals surface area contributed by atoms with Gasteiger partial charge in [-0.1, -0.05) is 11.2 Å². The van der Waals surface area contributed by atoms with Gasteiger partial charge in [0.2, 0.25) is 17.6 Å². The van der Waals surface area contributed by atoms with Crippen LogP contribution in [-0.4, -0.2) is 57.8 Å². The number of ether oxygens (including phenoxy) is 1. The second-order valence-electron chi connectivity index (χ2n) is 6.52. The van der Waals surface area contributed by atoms with E-state index in [4.69, 9.17) is 9.26 Å². The third kappa shape index (κ3) is 3.85. The second kappa shape index (κ2) is 7.28. The number of morpholine rings is 1. The van der Waals surface area contributed by atoms with Crippen molar-refractivity contribution >= 4 is 5.91 Å². The summed E-state index contributed by atoms with van der Waals surface area (Å²) in [6.07, 6.45) is 1.67. The molecule has 2 aromatic heterocycles. The molecule has 1 aliphatic heterocycles. The van der Waals surface area contributed by atoms with Gasteiger partial charge in [-0.3, -0.25) is 14.7 Å². The van der Waals surface area contributed by atoms with Crippen LogP contribution in [0.1, 0.15) is 32.7 Å². The van der Waals surface area contributed by atoms with Crippen LogP contribution >= 0.6 is 0 Å². The Hall–Kier alpha value is -2.32. The Bertz CT molecular complexity index is 710. The number of nitrogens with one attached hydrogen (secondary N) is 1. The summed E-state index contributed by atoms with van der Waals surface area (Å²) >= 11 is 0. The molecule has 0 aromatic carbocycles. The van der Waals surface area contributed by atoms with Crippen molar-refractivity contribution in [3.05, 3.63) is 30.3 Å². The number of hydrogen-bond donors (Lipinski definition) is 1. The van der Waals surface area contributed by atoms with E-state index in [0.717, 1.165) is 13.1 Å². The second-order valence-corrected chi connectivity index (χ2v) is 6.52. The molecule has 0 bridgehead atoms. The summed E-state index contributed by atoms with van der Waals surface area (Å²) in [5, 5.41) is 6.90. The molecule has 1 amide bonds. The number of hydrogen-bond acceptors (Lipinski definition) is 7. The standard InChI is InChI=1S/C17H23N5O3/c1-12(15-20-14(21-25-15)13-6-4-5-7-18-13)19-16(23)17(2,3)22-8-10-24-11-9-22/h4-7,12H,8-11H2,1-3H3,(H,19,23)/t12-/m0/s1. The Morgan fingerprint density at radius 1 is 1.32 bits per heavy atom. The summed E-state index contributed by atoms with van der Waals surface area (Å²) in [5.41, 5.74) is -0.00770. The fourth-order valence-electron chi connectivity index (χ4n) is 2.71. The van der Waals surface area contributed by atoms with E-state index in [-0.39, 0.29) is 5.91 Å². The minimum absolute atomic E-state index is 0.0838. The predicted octanol–water partition coefficient (Wildman–Crippen LogP) is 1.42. The number of aromatic nitrogens is 3. The molecule has 1 N–H and O–H groups in total. The molecule has 3 rings (SSSR count). The summed E-state index contributed by atoms with van der Waals surface area (Å²) in [6.45, 7) is 8.40. The SMILES string of the molecule is C[C@H](NC(=O)C(C)(C)N1CCOCC1)c1nc(-c2ccccn2)no1. The molecule has 0 aliphatic carbocycles. The summed E-state index contributed by atoms with van der Waals surface area (Å²) in [7, 11) is 0. The highest BCUT2D eigenvalue weighted by molar-refractivity contribution is 5.85. The van der Waals surface area contributed by atoms with E-state index in [9.17, 15) is 4.79 Å². The van der Waals surface area contributed by atoms with Gasteiger partial charge >= 0.3 is 0 Å². The van der Waals surface area contributed by atoms with E-state index in [0.29, 0.717) is 30.6 Å². The smallest absolute Gasteiger partial charge is 0.249 e. The molecule has 1 saturated heterocycles. The van der Waals surface area contributed by atoms with Crippen molar-refractivity contribution in [2.75, 3.05) is 26.3 Å². The molecule has 1 atom stereocenters. The number of amides is 1. The highest BCUT2D eigenvalue weighted by Crippen LogP contribution is 2.20. The first-order chi connectivity index (χ1) is 12.0. The first-order valence-corrected chi connectivity index (χ1v) is 8.37. The molecule has 8 heteroatoms. The van der Waals surface area contributed by atoms with Gasteiger partial charge in [0.05, 0.1) is 18.8 Å². The van der Waals surface area contributed by atoms with Crippen LogP contribution in [0.2, 0.25) is 0 Å². The molecule has 134 valence electrons. The molecule has 0 unspecified atom stereocenters. The van der Waals surface area contributed by atoms with Gasteiger partial charge in [-0.2, -0.15) is 4.98 Å². The minimum Gasteiger partial charge on any atom is -0.379 e. The molecule has 3 heterocycles. The minimum atomic E-state index is -0.637. The van der Waals surface area contributed by atoms with E-state index in [1.54, 1.807) is 12.3 Å². The Morgan fingerprint density at radius 2 is 2.08 bits per heavy atom. The lowest BCUT2D eigenvalue weighted by atomic mass is 10.0. The number of pyridine rings is 1. The van der Waals surface area contributed by atoms with Gasteiger partial charge in [-0.05, 0) is 32.9 Å². The maximum absolute atomic E-state index is 12.7. The third-order valence-electron chi connectivity index (χ3n) is 4.41. The van der Waals surface area contributed by atoms with Gasteiger partial charge in [-0.25, -0.2) is 0 Å². The van der Waals surface area contributed by atoms with Crippen LogP contribution < -0.4 is 5.32 Å². The van der Waals surface area contributed by atoms with Crippen LogP contribution in [0.5, 0.6) is 0 Å². The molecule has 0 saturated carbocycles. The lowest BCUT2D eigenvalue weighted by molar-refractivity contribution is -0.135. The van der Waals surface area contributed by atoms with E-state index in [1.807, 2.05) is 32.9 Å². The highest BCUT2D eigenvalue weighted by Gasteiger charge is 2.36. The van der Waals surface area contributed by atoms with Crippen molar-refractivity contribution in [2.24, 2.45) is 0 Å². The summed E-state index contributed by atoms with van der Waals surface area (Å²) < 4.78 is 10.6. The zero-order valence-corrected chi connectivity index (χ0v) is 14.7. The van der Waals surface area contributed by atoms with Crippen molar-refractivity contribution in [3.63, 3.8) is 0 Å². The van der Waals surface area contributed by atoms with Gasteiger partial charge in [0.15, 0.2) is 0 Å². The van der Waals surface area contributed by atoms with Crippen LogP contribution in [0.3, 0.4) is 0 Å². The topological polar surface area (TPSA) is 93.4 Å². The van der Waals surface area contributed by atoms with Gasteiger partial charge < -0.3 is 14.6 Å². The molecular weight excluding hydrogens is 322 g/mol. The van der Waals surface area contributed by atoms with Gasteiger partial charge in [0.25, 0.3) is 0 Å². The monoisotopic (exact) mass is 345 g/mol. The molecule has 8 nitrogen and oxygen atoms in total. The number of carbonyl (C=O) groups is 1.